The van der Waals surface area contributed by atoms with Crippen LogP contribution in [0.5, 0.6) is 0 Å². The van der Waals surface area contributed by atoms with E-state index in [1.807, 2.05) is 0 Å². The molecule has 1 nitrogen and oxygen atoms in total. The molecule has 10 aromatic rings. The number of fused-ring (bicyclic) bond motifs is 4. The Kier molecular flexibility index (Phi) is 8.79. The minimum atomic E-state index is -0.438. The van der Waals surface area contributed by atoms with Gasteiger partial charge in [0, 0.05) is 17.1 Å². The molecule has 60 heavy (non-hydrogen) atoms. The van der Waals surface area contributed by atoms with Crippen molar-refractivity contribution < 1.29 is 0 Å². The van der Waals surface area contributed by atoms with Crippen LogP contribution in [0.2, 0.25) is 0 Å². The van der Waals surface area contributed by atoms with Gasteiger partial charge in [0.05, 0.1) is 5.41 Å². The second-order valence-electron chi connectivity index (χ2n) is 15.7. The summed E-state index contributed by atoms with van der Waals surface area (Å²) >= 11 is 0. The maximum absolute atomic E-state index is 2.36. The Labute approximate surface area is 352 Å². The minimum absolute atomic E-state index is 0.438. The first-order valence-electron chi connectivity index (χ1n) is 20.8. The quantitative estimate of drug-likeness (QED) is 0.149. The summed E-state index contributed by atoms with van der Waals surface area (Å²) in [6.45, 7) is 0. The Morgan fingerprint density at radius 3 is 1.32 bits per heavy atom. The van der Waals surface area contributed by atoms with Gasteiger partial charge in [0.2, 0.25) is 0 Å². The lowest BCUT2D eigenvalue weighted by Gasteiger charge is -2.34. The highest BCUT2D eigenvalue weighted by molar-refractivity contribution is 5.96. The number of rotatable bonds is 8. The molecule has 0 aromatic heterocycles. The van der Waals surface area contributed by atoms with Gasteiger partial charge in [0.25, 0.3) is 0 Å². The molecule has 0 bridgehead atoms. The largest absolute Gasteiger partial charge is 0.311 e. The van der Waals surface area contributed by atoms with Crippen molar-refractivity contribution in [3.05, 3.63) is 271 Å². The molecule has 0 spiro atoms. The van der Waals surface area contributed by atoms with E-state index in [1.165, 1.54) is 77.5 Å². The van der Waals surface area contributed by atoms with Crippen LogP contribution in [0.1, 0.15) is 22.3 Å². The summed E-state index contributed by atoms with van der Waals surface area (Å²) in [6.07, 6.45) is 0. The maximum Gasteiger partial charge on any atom is 0.0713 e. The van der Waals surface area contributed by atoms with Crippen molar-refractivity contribution in [3.63, 3.8) is 0 Å². The van der Waals surface area contributed by atoms with E-state index in [4.69, 9.17) is 0 Å². The Balaban J connectivity index is 1.02. The van der Waals surface area contributed by atoms with Gasteiger partial charge in [0.15, 0.2) is 0 Å². The van der Waals surface area contributed by atoms with Gasteiger partial charge in [-0.2, -0.15) is 0 Å². The van der Waals surface area contributed by atoms with E-state index in [-0.39, 0.29) is 0 Å². The average Bonchev–Trinajstić information content (AvgIpc) is 3.64. The fourth-order valence-corrected chi connectivity index (χ4v) is 9.58. The Bertz CT molecular complexity index is 3060. The molecule has 0 heterocycles. The average molecular weight is 764 g/mol. The standard InChI is InChI=1S/C59H41N/c1-4-15-42(16-5-1)44-29-35-51(36-30-44)60(52-37-31-45(32-38-52)48-28-27-43-17-10-11-18-47(43)41-48)53-39-33-46(34-40-53)54-24-14-26-57-58(54)55-23-12-13-25-56(55)59(57,49-19-6-2-7-20-49)50-21-8-3-9-22-50/h1-41H. The van der Waals surface area contributed by atoms with Crippen molar-refractivity contribution >= 4 is 27.8 Å². The summed E-state index contributed by atoms with van der Waals surface area (Å²) in [5.74, 6) is 0. The monoisotopic (exact) mass is 763 g/mol. The van der Waals surface area contributed by atoms with Gasteiger partial charge >= 0.3 is 0 Å². The van der Waals surface area contributed by atoms with E-state index in [0.29, 0.717) is 0 Å². The zero-order chi connectivity index (χ0) is 39.9. The number of hydrogen-bond donors (Lipinski definition) is 0. The lowest BCUT2D eigenvalue weighted by Crippen LogP contribution is -2.28. The highest BCUT2D eigenvalue weighted by Crippen LogP contribution is 2.58. The predicted octanol–water partition coefficient (Wildman–Crippen LogP) is 15.7. The number of benzene rings is 10. The second-order valence-corrected chi connectivity index (χ2v) is 15.7. The van der Waals surface area contributed by atoms with Crippen molar-refractivity contribution in [2.24, 2.45) is 0 Å². The summed E-state index contributed by atoms with van der Waals surface area (Å²) < 4.78 is 0. The van der Waals surface area contributed by atoms with E-state index >= 15 is 0 Å². The van der Waals surface area contributed by atoms with Crippen LogP contribution in [-0.4, -0.2) is 0 Å². The van der Waals surface area contributed by atoms with E-state index in [1.54, 1.807) is 0 Å². The normalized spacial score (nSPS) is 12.5. The van der Waals surface area contributed by atoms with Gasteiger partial charge in [-0.15, -0.1) is 0 Å². The fourth-order valence-electron chi connectivity index (χ4n) is 9.58. The predicted molar refractivity (Wildman–Crippen MR) is 252 cm³/mol. The third-order valence-electron chi connectivity index (χ3n) is 12.4. The molecule has 0 N–H and O–H groups in total. The van der Waals surface area contributed by atoms with Crippen molar-refractivity contribution in [1.29, 1.82) is 0 Å². The molecule has 1 heteroatoms. The molecule has 11 rings (SSSR count). The molecule has 0 unspecified atom stereocenters. The SMILES string of the molecule is c1ccc(-c2ccc(N(c3ccc(-c4ccc5ccccc5c4)cc3)c3ccc(-c4cccc5c4-c4ccccc4C5(c4ccccc4)c4ccccc4)cc3)cc2)cc1. The third kappa shape index (κ3) is 5.94. The molecule has 0 saturated carbocycles. The van der Waals surface area contributed by atoms with E-state index in [9.17, 15) is 0 Å². The number of hydrogen-bond acceptors (Lipinski definition) is 1. The van der Waals surface area contributed by atoms with Gasteiger partial charge in [0.1, 0.15) is 0 Å². The second kappa shape index (κ2) is 14.9. The van der Waals surface area contributed by atoms with Gasteiger partial charge in [-0.1, -0.05) is 206 Å². The van der Waals surface area contributed by atoms with E-state index in [0.717, 1.165) is 17.1 Å². The molecule has 0 aliphatic heterocycles. The fraction of sp³-hybridized carbons (Fsp3) is 0.0169. The van der Waals surface area contributed by atoms with Crippen molar-refractivity contribution in [2.45, 2.75) is 5.41 Å². The van der Waals surface area contributed by atoms with E-state index < -0.39 is 5.41 Å². The van der Waals surface area contributed by atoms with Crippen LogP contribution < -0.4 is 4.90 Å². The number of anilines is 3. The zero-order valence-electron chi connectivity index (χ0n) is 33.1. The summed E-state index contributed by atoms with van der Waals surface area (Å²) in [4.78, 5) is 2.36. The molecule has 0 radical (unpaired) electrons. The lowest BCUT2D eigenvalue weighted by molar-refractivity contribution is 0.768. The van der Waals surface area contributed by atoms with Gasteiger partial charge in [-0.05, 0) is 120 Å². The highest BCUT2D eigenvalue weighted by atomic mass is 15.1. The molecule has 10 aromatic carbocycles. The van der Waals surface area contributed by atoms with Crippen molar-refractivity contribution in [2.75, 3.05) is 4.90 Å². The first kappa shape index (κ1) is 35.4. The third-order valence-corrected chi connectivity index (χ3v) is 12.4. The topological polar surface area (TPSA) is 3.24 Å². The Hall–Kier alpha value is -7.74. The Morgan fingerprint density at radius 2 is 0.700 bits per heavy atom. The molecular formula is C59H41N. The first-order valence-corrected chi connectivity index (χ1v) is 20.8. The molecule has 0 amide bonds. The van der Waals surface area contributed by atoms with Gasteiger partial charge < -0.3 is 4.90 Å². The minimum Gasteiger partial charge on any atom is -0.311 e. The van der Waals surface area contributed by atoms with Crippen LogP contribution in [-0.2, 0) is 5.41 Å². The van der Waals surface area contributed by atoms with Gasteiger partial charge in [-0.25, -0.2) is 0 Å². The van der Waals surface area contributed by atoms with Crippen molar-refractivity contribution in [1.82, 2.24) is 0 Å². The van der Waals surface area contributed by atoms with Crippen LogP contribution in [0, 0.1) is 0 Å². The van der Waals surface area contributed by atoms with Crippen molar-refractivity contribution in [3.8, 4) is 44.5 Å². The summed E-state index contributed by atoms with van der Waals surface area (Å²) in [7, 11) is 0. The highest BCUT2D eigenvalue weighted by Gasteiger charge is 2.46. The van der Waals surface area contributed by atoms with Crippen LogP contribution in [0.25, 0.3) is 55.3 Å². The molecule has 1 aliphatic rings. The summed E-state index contributed by atoms with van der Waals surface area (Å²) in [5, 5.41) is 2.50. The maximum atomic E-state index is 2.36. The van der Waals surface area contributed by atoms with Gasteiger partial charge in [-0.3, -0.25) is 0 Å². The molecule has 0 atom stereocenters. The summed E-state index contributed by atoms with van der Waals surface area (Å²) in [6, 6.07) is 90.9. The van der Waals surface area contributed by atoms with Crippen LogP contribution >= 0.6 is 0 Å². The molecular weight excluding hydrogens is 723 g/mol. The molecule has 282 valence electrons. The lowest BCUT2D eigenvalue weighted by atomic mass is 9.67. The first-order chi connectivity index (χ1) is 29.8. The molecule has 0 saturated heterocycles. The van der Waals surface area contributed by atoms with Crippen LogP contribution in [0.15, 0.2) is 249 Å². The van der Waals surface area contributed by atoms with E-state index in [2.05, 4.69) is 254 Å². The Morgan fingerprint density at radius 1 is 0.267 bits per heavy atom. The van der Waals surface area contributed by atoms with Crippen LogP contribution in [0.4, 0.5) is 17.1 Å². The smallest absolute Gasteiger partial charge is 0.0713 e. The van der Waals surface area contributed by atoms with Crippen LogP contribution in [0.3, 0.4) is 0 Å². The molecule has 0 fully saturated rings. The number of nitrogens with zero attached hydrogens (tertiary/aromatic N) is 1. The molecule has 1 aliphatic carbocycles. The zero-order valence-corrected chi connectivity index (χ0v) is 33.1. The summed E-state index contributed by atoms with van der Waals surface area (Å²) in [5.41, 5.74) is 17.9.